The predicted molar refractivity (Wildman–Crippen MR) is 80.4 cm³/mol. The first-order valence-electron chi connectivity index (χ1n) is 8.13. The second-order valence-electron chi connectivity index (χ2n) is 6.82. The number of hydrogen-bond donors (Lipinski definition) is 1. The molecule has 0 aromatic heterocycles. The fourth-order valence-corrected chi connectivity index (χ4v) is 3.57. The van der Waals surface area contributed by atoms with Crippen molar-refractivity contribution in [2.24, 2.45) is 17.8 Å². The second-order valence-corrected chi connectivity index (χ2v) is 6.82. The van der Waals surface area contributed by atoms with E-state index in [1.807, 2.05) is 0 Å². The van der Waals surface area contributed by atoms with Gasteiger partial charge in [0.05, 0.1) is 6.61 Å². The molecule has 0 spiro atoms. The minimum atomic E-state index is 0.777. The van der Waals surface area contributed by atoms with Crippen LogP contribution in [0.25, 0.3) is 0 Å². The van der Waals surface area contributed by atoms with Crippen molar-refractivity contribution in [3.8, 4) is 0 Å². The van der Waals surface area contributed by atoms with Crippen molar-refractivity contribution >= 4 is 0 Å². The highest BCUT2D eigenvalue weighted by Crippen LogP contribution is 2.29. The van der Waals surface area contributed by atoms with Crippen molar-refractivity contribution < 1.29 is 4.74 Å². The number of hydrogen-bond acceptors (Lipinski definition) is 3. The highest BCUT2D eigenvalue weighted by molar-refractivity contribution is 4.83. The monoisotopic (exact) mass is 268 g/mol. The molecule has 1 heterocycles. The van der Waals surface area contributed by atoms with Crippen LogP contribution < -0.4 is 5.32 Å². The van der Waals surface area contributed by atoms with Gasteiger partial charge >= 0.3 is 0 Å². The summed E-state index contributed by atoms with van der Waals surface area (Å²) in [4.78, 5) is 2.54. The Morgan fingerprint density at radius 1 is 1.16 bits per heavy atom. The molecule has 1 aliphatic carbocycles. The molecule has 19 heavy (non-hydrogen) atoms. The molecule has 0 aromatic rings. The first-order valence-corrected chi connectivity index (χ1v) is 8.13. The fourth-order valence-electron chi connectivity index (χ4n) is 3.57. The van der Waals surface area contributed by atoms with Crippen molar-refractivity contribution in [2.45, 2.75) is 45.6 Å². The SMILES string of the molecule is COCCN1CC[C@H](CN[C@@H]2CC[C@@H](C)[C@H](C)C2)C1. The molecule has 0 amide bonds. The van der Waals surface area contributed by atoms with Gasteiger partial charge in [-0.1, -0.05) is 13.8 Å². The highest BCUT2D eigenvalue weighted by atomic mass is 16.5. The average Bonchev–Trinajstić information content (AvgIpc) is 2.86. The number of rotatable bonds is 6. The van der Waals surface area contributed by atoms with Crippen LogP contribution >= 0.6 is 0 Å². The van der Waals surface area contributed by atoms with E-state index in [0.29, 0.717) is 0 Å². The third-order valence-corrected chi connectivity index (χ3v) is 5.27. The Balaban J connectivity index is 1.61. The number of methoxy groups -OCH3 is 1. The van der Waals surface area contributed by atoms with Gasteiger partial charge in [0.25, 0.3) is 0 Å². The molecule has 1 N–H and O–H groups in total. The summed E-state index contributed by atoms with van der Waals surface area (Å²) in [5.41, 5.74) is 0. The van der Waals surface area contributed by atoms with Gasteiger partial charge in [0.1, 0.15) is 0 Å². The van der Waals surface area contributed by atoms with Gasteiger partial charge in [0, 0.05) is 26.2 Å². The molecule has 1 saturated heterocycles. The lowest BCUT2D eigenvalue weighted by Gasteiger charge is -2.33. The van der Waals surface area contributed by atoms with Gasteiger partial charge < -0.3 is 15.0 Å². The molecule has 2 aliphatic rings. The zero-order chi connectivity index (χ0) is 13.7. The summed E-state index contributed by atoms with van der Waals surface area (Å²) in [6, 6.07) is 0.777. The number of likely N-dealkylation sites (tertiary alicyclic amines) is 1. The van der Waals surface area contributed by atoms with Gasteiger partial charge in [0.2, 0.25) is 0 Å². The molecule has 3 heteroatoms. The van der Waals surface area contributed by atoms with Crippen LogP contribution in [0.2, 0.25) is 0 Å². The molecule has 0 aromatic carbocycles. The lowest BCUT2D eigenvalue weighted by Crippen LogP contribution is -2.39. The summed E-state index contributed by atoms with van der Waals surface area (Å²) < 4.78 is 5.16. The van der Waals surface area contributed by atoms with Crippen molar-refractivity contribution in [3.63, 3.8) is 0 Å². The quantitative estimate of drug-likeness (QED) is 0.800. The van der Waals surface area contributed by atoms with E-state index in [4.69, 9.17) is 4.74 Å². The number of nitrogens with zero attached hydrogens (tertiary/aromatic N) is 1. The van der Waals surface area contributed by atoms with Gasteiger partial charge in [-0.2, -0.15) is 0 Å². The van der Waals surface area contributed by atoms with E-state index in [2.05, 4.69) is 24.1 Å². The molecule has 112 valence electrons. The molecule has 2 fully saturated rings. The van der Waals surface area contributed by atoms with E-state index in [9.17, 15) is 0 Å². The van der Waals surface area contributed by atoms with Crippen molar-refractivity contribution in [3.05, 3.63) is 0 Å². The third-order valence-electron chi connectivity index (χ3n) is 5.27. The molecular weight excluding hydrogens is 236 g/mol. The Hall–Kier alpha value is -0.120. The van der Waals surface area contributed by atoms with E-state index in [1.165, 1.54) is 45.3 Å². The van der Waals surface area contributed by atoms with Crippen LogP contribution in [-0.2, 0) is 4.74 Å². The lowest BCUT2D eigenvalue weighted by molar-refractivity contribution is 0.158. The van der Waals surface area contributed by atoms with E-state index < -0.39 is 0 Å². The van der Waals surface area contributed by atoms with E-state index >= 15 is 0 Å². The van der Waals surface area contributed by atoms with Gasteiger partial charge in [-0.15, -0.1) is 0 Å². The molecule has 0 unspecified atom stereocenters. The van der Waals surface area contributed by atoms with Gasteiger partial charge in [-0.25, -0.2) is 0 Å². The Morgan fingerprint density at radius 3 is 2.74 bits per heavy atom. The predicted octanol–water partition coefficient (Wildman–Crippen LogP) is 2.37. The third kappa shape index (κ3) is 4.73. The maximum absolute atomic E-state index is 5.16. The molecule has 3 nitrogen and oxygen atoms in total. The van der Waals surface area contributed by atoms with E-state index in [0.717, 1.165) is 36.9 Å². The Bertz CT molecular complexity index is 259. The molecule has 0 bridgehead atoms. The summed E-state index contributed by atoms with van der Waals surface area (Å²) >= 11 is 0. The summed E-state index contributed by atoms with van der Waals surface area (Å²) in [5, 5.41) is 3.83. The van der Waals surface area contributed by atoms with Crippen LogP contribution in [0.3, 0.4) is 0 Å². The van der Waals surface area contributed by atoms with Crippen LogP contribution in [0.1, 0.15) is 39.5 Å². The summed E-state index contributed by atoms with van der Waals surface area (Å²) in [6.45, 7) is 10.5. The summed E-state index contributed by atoms with van der Waals surface area (Å²) in [5.74, 6) is 2.67. The Kier molecular flexibility index (Phi) is 6.11. The highest BCUT2D eigenvalue weighted by Gasteiger charge is 2.26. The fraction of sp³-hybridized carbons (Fsp3) is 1.00. The maximum Gasteiger partial charge on any atom is 0.0589 e. The standard InChI is InChI=1S/C16H32N2O/c1-13-4-5-16(10-14(13)2)17-11-15-6-7-18(12-15)8-9-19-3/h13-17H,4-12H2,1-3H3/t13-,14-,15-,16-/m1/s1. The Morgan fingerprint density at radius 2 is 2.00 bits per heavy atom. The van der Waals surface area contributed by atoms with Crippen molar-refractivity contribution in [2.75, 3.05) is 39.9 Å². The van der Waals surface area contributed by atoms with Gasteiger partial charge in [-0.05, 0) is 56.5 Å². The molecule has 1 saturated carbocycles. The molecule has 4 atom stereocenters. The largest absolute Gasteiger partial charge is 0.383 e. The zero-order valence-corrected chi connectivity index (χ0v) is 13.0. The normalized spacial score (nSPS) is 36.8. The minimum Gasteiger partial charge on any atom is -0.383 e. The molecule has 2 rings (SSSR count). The van der Waals surface area contributed by atoms with Crippen LogP contribution in [-0.4, -0.2) is 50.8 Å². The minimum absolute atomic E-state index is 0.777. The van der Waals surface area contributed by atoms with Gasteiger partial charge in [-0.3, -0.25) is 0 Å². The maximum atomic E-state index is 5.16. The Labute approximate surface area is 119 Å². The molecule has 1 aliphatic heterocycles. The lowest BCUT2D eigenvalue weighted by atomic mass is 9.79. The number of ether oxygens (including phenoxy) is 1. The summed E-state index contributed by atoms with van der Waals surface area (Å²) in [7, 11) is 1.79. The molecule has 0 radical (unpaired) electrons. The van der Waals surface area contributed by atoms with E-state index in [-0.39, 0.29) is 0 Å². The molecular formula is C16H32N2O. The van der Waals surface area contributed by atoms with Crippen LogP contribution in [0, 0.1) is 17.8 Å². The topological polar surface area (TPSA) is 24.5 Å². The number of nitrogens with one attached hydrogen (secondary N) is 1. The smallest absolute Gasteiger partial charge is 0.0589 e. The average molecular weight is 268 g/mol. The first-order chi connectivity index (χ1) is 9.19. The zero-order valence-electron chi connectivity index (χ0n) is 13.0. The van der Waals surface area contributed by atoms with E-state index in [1.54, 1.807) is 7.11 Å². The summed E-state index contributed by atoms with van der Waals surface area (Å²) in [6.07, 6.45) is 5.52. The van der Waals surface area contributed by atoms with Gasteiger partial charge in [0.15, 0.2) is 0 Å². The van der Waals surface area contributed by atoms with Crippen molar-refractivity contribution in [1.82, 2.24) is 10.2 Å². The van der Waals surface area contributed by atoms with Crippen LogP contribution in [0.4, 0.5) is 0 Å². The van der Waals surface area contributed by atoms with Crippen LogP contribution in [0.15, 0.2) is 0 Å². The van der Waals surface area contributed by atoms with Crippen molar-refractivity contribution in [1.29, 1.82) is 0 Å². The second kappa shape index (κ2) is 7.61. The first kappa shape index (κ1) is 15.3. The van der Waals surface area contributed by atoms with Crippen LogP contribution in [0.5, 0.6) is 0 Å².